The monoisotopic (exact) mass is 254 g/mol. The standard InChI is InChI=1S/C13H19FN2O2/c1-13(4-3-5-18-8-13)16-11-7-12(17-2)9(14)6-10(11)15/h6-7,16H,3-5,8,15H2,1-2H3. The van der Waals surface area contributed by atoms with E-state index < -0.39 is 5.82 Å². The zero-order valence-corrected chi connectivity index (χ0v) is 10.8. The van der Waals surface area contributed by atoms with Crippen LogP contribution in [0.3, 0.4) is 0 Å². The zero-order valence-electron chi connectivity index (χ0n) is 10.8. The lowest BCUT2D eigenvalue weighted by Crippen LogP contribution is -2.43. The number of benzene rings is 1. The van der Waals surface area contributed by atoms with E-state index in [1.54, 1.807) is 6.07 Å². The van der Waals surface area contributed by atoms with Gasteiger partial charge in [-0.2, -0.15) is 0 Å². The summed E-state index contributed by atoms with van der Waals surface area (Å²) in [5.41, 5.74) is 6.71. The fraction of sp³-hybridized carbons (Fsp3) is 0.538. The van der Waals surface area contributed by atoms with E-state index in [0.717, 1.165) is 19.4 Å². The van der Waals surface area contributed by atoms with E-state index in [1.165, 1.54) is 13.2 Å². The van der Waals surface area contributed by atoms with Gasteiger partial charge in [-0.05, 0) is 19.8 Å². The number of anilines is 2. The zero-order chi connectivity index (χ0) is 13.2. The Kier molecular flexibility index (Phi) is 3.61. The molecule has 0 aromatic heterocycles. The van der Waals surface area contributed by atoms with E-state index in [4.69, 9.17) is 15.2 Å². The minimum Gasteiger partial charge on any atom is -0.494 e. The quantitative estimate of drug-likeness (QED) is 0.813. The van der Waals surface area contributed by atoms with E-state index in [2.05, 4.69) is 12.2 Å². The Balaban J connectivity index is 2.22. The van der Waals surface area contributed by atoms with Crippen LogP contribution in [-0.2, 0) is 4.74 Å². The van der Waals surface area contributed by atoms with Crippen molar-refractivity contribution in [2.24, 2.45) is 0 Å². The van der Waals surface area contributed by atoms with E-state index in [0.29, 0.717) is 18.0 Å². The van der Waals surface area contributed by atoms with Gasteiger partial charge in [0.2, 0.25) is 0 Å². The third-order valence-electron chi connectivity index (χ3n) is 3.20. The first-order valence-electron chi connectivity index (χ1n) is 6.03. The van der Waals surface area contributed by atoms with Crippen molar-refractivity contribution in [3.8, 4) is 5.75 Å². The Hall–Kier alpha value is -1.49. The molecule has 2 rings (SSSR count). The van der Waals surface area contributed by atoms with Crippen LogP contribution < -0.4 is 15.8 Å². The van der Waals surface area contributed by atoms with Gasteiger partial charge in [0.25, 0.3) is 0 Å². The minimum atomic E-state index is -0.453. The third kappa shape index (κ3) is 2.67. The topological polar surface area (TPSA) is 56.5 Å². The molecule has 0 aliphatic carbocycles. The molecule has 1 fully saturated rings. The van der Waals surface area contributed by atoms with Crippen molar-refractivity contribution < 1.29 is 13.9 Å². The molecular weight excluding hydrogens is 235 g/mol. The van der Waals surface area contributed by atoms with Gasteiger partial charge in [-0.1, -0.05) is 0 Å². The van der Waals surface area contributed by atoms with Crippen molar-refractivity contribution in [1.29, 1.82) is 0 Å². The fourth-order valence-corrected chi connectivity index (χ4v) is 2.19. The highest BCUT2D eigenvalue weighted by molar-refractivity contribution is 5.69. The Morgan fingerprint density at radius 3 is 2.89 bits per heavy atom. The molecule has 1 aromatic rings. The molecule has 0 radical (unpaired) electrons. The van der Waals surface area contributed by atoms with Gasteiger partial charge in [-0.15, -0.1) is 0 Å². The molecule has 0 saturated carbocycles. The molecule has 1 heterocycles. The van der Waals surface area contributed by atoms with Crippen molar-refractivity contribution in [2.45, 2.75) is 25.3 Å². The first-order valence-corrected chi connectivity index (χ1v) is 6.03. The molecule has 1 saturated heterocycles. The molecule has 100 valence electrons. The van der Waals surface area contributed by atoms with Gasteiger partial charge < -0.3 is 20.5 Å². The maximum atomic E-state index is 13.4. The summed E-state index contributed by atoms with van der Waals surface area (Å²) in [4.78, 5) is 0. The number of hydrogen-bond acceptors (Lipinski definition) is 4. The Morgan fingerprint density at radius 1 is 1.50 bits per heavy atom. The summed E-state index contributed by atoms with van der Waals surface area (Å²) in [5, 5.41) is 3.33. The normalized spacial score (nSPS) is 23.7. The molecule has 0 amide bonds. The van der Waals surface area contributed by atoms with E-state index in [-0.39, 0.29) is 11.3 Å². The van der Waals surface area contributed by atoms with Crippen LogP contribution in [0.15, 0.2) is 12.1 Å². The van der Waals surface area contributed by atoms with Gasteiger partial charge in [0.1, 0.15) is 0 Å². The Morgan fingerprint density at radius 2 is 2.28 bits per heavy atom. The molecule has 0 bridgehead atoms. The molecule has 4 nitrogen and oxygen atoms in total. The number of nitrogens with one attached hydrogen (secondary N) is 1. The fourth-order valence-electron chi connectivity index (χ4n) is 2.19. The molecule has 1 aliphatic rings. The lowest BCUT2D eigenvalue weighted by molar-refractivity contribution is 0.0540. The lowest BCUT2D eigenvalue weighted by Gasteiger charge is -2.35. The van der Waals surface area contributed by atoms with Crippen LogP contribution in [0, 0.1) is 5.82 Å². The van der Waals surface area contributed by atoms with E-state index in [9.17, 15) is 4.39 Å². The second-order valence-corrected chi connectivity index (χ2v) is 4.92. The van der Waals surface area contributed by atoms with Crippen molar-refractivity contribution in [1.82, 2.24) is 0 Å². The van der Waals surface area contributed by atoms with Gasteiger partial charge in [-0.25, -0.2) is 4.39 Å². The summed E-state index contributed by atoms with van der Waals surface area (Å²) < 4.78 is 23.9. The van der Waals surface area contributed by atoms with Crippen molar-refractivity contribution in [2.75, 3.05) is 31.4 Å². The summed E-state index contributed by atoms with van der Waals surface area (Å²) in [6, 6.07) is 2.86. The smallest absolute Gasteiger partial charge is 0.167 e. The van der Waals surface area contributed by atoms with Gasteiger partial charge in [-0.3, -0.25) is 0 Å². The molecule has 1 unspecified atom stereocenters. The number of nitrogens with two attached hydrogens (primary N) is 1. The molecule has 5 heteroatoms. The summed E-state index contributed by atoms with van der Waals surface area (Å²) in [7, 11) is 1.43. The number of nitrogen functional groups attached to an aromatic ring is 1. The summed E-state index contributed by atoms with van der Waals surface area (Å²) in [6.07, 6.45) is 1.99. The molecule has 1 aromatic carbocycles. The molecule has 1 atom stereocenters. The minimum absolute atomic E-state index is 0.171. The van der Waals surface area contributed by atoms with Crippen LogP contribution in [0.2, 0.25) is 0 Å². The molecular formula is C13H19FN2O2. The summed E-state index contributed by atoms with van der Waals surface area (Å²) >= 11 is 0. The average Bonchev–Trinajstić information content (AvgIpc) is 2.33. The highest BCUT2D eigenvalue weighted by Crippen LogP contribution is 2.32. The second kappa shape index (κ2) is 5.02. The third-order valence-corrected chi connectivity index (χ3v) is 3.20. The molecule has 0 spiro atoms. The van der Waals surface area contributed by atoms with Gasteiger partial charge >= 0.3 is 0 Å². The summed E-state index contributed by atoms with van der Waals surface area (Å²) in [5.74, 6) is -0.266. The van der Waals surface area contributed by atoms with E-state index >= 15 is 0 Å². The van der Waals surface area contributed by atoms with Crippen LogP contribution in [0.4, 0.5) is 15.8 Å². The Bertz CT molecular complexity index is 431. The second-order valence-electron chi connectivity index (χ2n) is 4.92. The van der Waals surface area contributed by atoms with Crippen LogP contribution in [-0.4, -0.2) is 25.9 Å². The van der Waals surface area contributed by atoms with Crippen LogP contribution >= 0.6 is 0 Å². The number of halogens is 1. The number of rotatable bonds is 3. The van der Waals surface area contributed by atoms with Gasteiger partial charge in [0.05, 0.1) is 30.6 Å². The van der Waals surface area contributed by atoms with Crippen LogP contribution in [0.5, 0.6) is 5.75 Å². The van der Waals surface area contributed by atoms with Gasteiger partial charge in [0, 0.05) is 18.7 Å². The maximum absolute atomic E-state index is 13.4. The lowest BCUT2D eigenvalue weighted by atomic mass is 9.94. The highest BCUT2D eigenvalue weighted by atomic mass is 19.1. The predicted octanol–water partition coefficient (Wildman–Crippen LogP) is 2.40. The summed E-state index contributed by atoms with van der Waals surface area (Å²) in [6.45, 7) is 3.48. The Labute approximate surface area is 106 Å². The molecule has 3 N–H and O–H groups in total. The number of hydrogen-bond donors (Lipinski definition) is 2. The highest BCUT2D eigenvalue weighted by Gasteiger charge is 2.28. The van der Waals surface area contributed by atoms with Crippen molar-refractivity contribution in [3.63, 3.8) is 0 Å². The first-order chi connectivity index (χ1) is 8.54. The van der Waals surface area contributed by atoms with Crippen LogP contribution in [0.1, 0.15) is 19.8 Å². The largest absolute Gasteiger partial charge is 0.494 e. The molecule has 1 aliphatic heterocycles. The molecule has 18 heavy (non-hydrogen) atoms. The average molecular weight is 254 g/mol. The number of ether oxygens (including phenoxy) is 2. The predicted molar refractivity (Wildman–Crippen MR) is 69.4 cm³/mol. The number of methoxy groups -OCH3 is 1. The maximum Gasteiger partial charge on any atom is 0.167 e. The van der Waals surface area contributed by atoms with Gasteiger partial charge in [0.15, 0.2) is 11.6 Å². The SMILES string of the molecule is COc1cc(NC2(C)CCCOC2)c(N)cc1F. The van der Waals surface area contributed by atoms with Crippen molar-refractivity contribution in [3.05, 3.63) is 17.9 Å². The van der Waals surface area contributed by atoms with Crippen LogP contribution in [0.25, 0.3) is 0 Å². The van der Waals surface area contributed by atoms with E-state index in [1.807, 2.05) is 0 Å². The van der Waals surface area contributed by atoms with Crippen molar-refractivity contribution >= 4 is 11.4 Å². The first kappa shape index (κ1) is 13.0.